The largest absolute Gasteiger partial charge is 0.375 e. The third kappa shape index (κ3) is 1.13. The Kier molecular flexibility index (Phi) is 1.93. The standard InChI is InChI=1S/C8H13NO2S2/c1-6-5-13(10,11)8(3-2-4-8)7(12)9-6/h6H,2-5H2,1H3,(H,9,12). The molecule has 13 heavy (non-hydrogen) atoms. The zero-order valence-corrected chi connectivity index (χ0v) is 9.17. The van der Waals surface area contributed by atoms with Crippen LogP contribution in [-0.4, -0.2) is 29.9 Å². The van der Waals surface area contributed by atoms with Crippen molar-refractivity contribution in [1.29, 1.82) is 0 Å². The van der Waals surface area contributed by atoms with Gasteiger partial charge in [0.05, 0.1) is 10.7 Å². The first-order valence-corrected chi connectivity index (χ1v) is 6.57. The molecule has 1 saturated heterocycles. The molecule has 1 unspecified atom stereocenters. The van der Waals surface area contributed by atoms with Gasteiger partial charge in [0.15, 0.2) is 9.84 Å². The van der Waals surface area contributed by atoms with Crippen molar-refractivity contribution in [3.63, 3.8) is 0 Å². The maximum atomic E-state index is 11.9. The van der Waals surface area contributed by atoms with Crippen molar-refractivity contribution in [1.82, 2.24) is 5.32 Å². The molecule has 0 bridgehead atoms. The van der Waals surface area contributed by atoms with Crippen LogP contribution in [0.1, 0.15) is 26.2 Å². The fraction of sp³-hybridized carbons (Fsp3) is 0.875. The number of hydrogen-bond acceptors (Lipinski definition) is 3. The van der Waals surface area contributed by atoms with Crippen molar-refractivity contribution >= 4 is 27.0 Å². The van der Waals surface area contributed by atoms with Crippen LogP contribution in [0.2, 0.25) is 0 Å². The summed E-state index contributed by atoms with van der Waals surface area (Å²) in [5.74, 6) is 0.229. The van der Waals surface area contributed by atoms with Gasteiger partial charge in [-0.1, -0.05) is 12.2 Å². The second-order valence-electron chi connectivity index (χ2n) is 4.00. The first-order chi connectivity index (χ1) is 5.98. The summed E-state index contributed by atoms with van der Waals surface area (Å²) < 4.78 is 23.1. The van der Waals surface area contributed by atoms with Gasteiger partial charge in [-0.2, -0.15) is 0 Å². The number of thiocarbonyl (C=S) groups is 1. The van der Waals surface area contributed by atoms with Crippen LogP contribution >= 0.6 is 12.2 Å². The number of rotatable bonds is 0. The van der Waals surface area contributed by atoms with Crippen molar-refractivity contribution in [2.45, 2.75) is 37.0 Å². The molecular weight excluding hydrogens is 206 g/mol. The smallest absolute Gasteiger partial charge is 0.164 e. The Labute approximate surface area is 83.8 Å². The van der Waals surface area contributed by atoms with Gasteiger partial charge in [0.1, 0.15) is 4.75 Å². The van der Waals surface area contributed by atoms with Crippen LogP contribution in [0.5, 0.6) is 0 Å². The first-order valence-electron chi connectivity index (χ1n) is 4.51. The van der Waals surface area contributed by atoms with E-state index in [0.717, 1.165) is 6.42 Å². The fourth-order valence-electron chi connectivity index (χ4n) is 2.06. The highest BCUT2D eigenvalue weighted by Crippen LogP contribution is 2.42. The van der Waals surface area contributed by atoms with Crippen LogP contribution in [-0.2, 0) is 9.84 Å². The van der Waals surface area contributed by atoms with Crippen LogP contribution in [0.25, 0.3) is 0 Å². The Bertz CT molecular complexity index is 343. The third-order valence-electron chi connectivity index (χ3n) is 3.02. The molecule has 1 aliphatic heterocycles. The molecule has 2 rings (SSSR count). The molecule has 1 aliphatic carbocycles. The second-order valence-corrected chi connectivity index (χ2v) is 6.76. The summed E-state index contributed by atoms with van der Waals surface area (Å²) in [6.45, 7) is 1.86. The first kappa shape index (κ1) is 9.40. The molecule has 74 valence electrons. The fourth-order valence-corrected chi connectivity index (χ4v) is 5.16. The van der Waals surface area contributed by atoms with Crippen LogP contribution < -0.4 is 5.32 Å². The minimum absolute atomic E-state index is 0.0243. The lowest BCUT2D eigenvalue weighted by molar-refractivity contribution is 0.402. The lowest BCUT2D eigenvalue weighted by Crippen LogP contribution is -2.64. The van der Waals surface area contributed by atoms with Crippen LogP contribution in [0, 0.1) is 0 Å². The van der Waals surface area contributed by atoms with Gasteiger partial charge in [-0.25, -0.2) is 8.42 Å². The minimum atomic E-state index is -2.99. The lowest BCUT2D eigenvalue weighted by atomic mass is 9.83. The molecule has 1 spiro atoms. The summed E-state index contributed by atoms with van der Waals surface area (Å²) in [4.78, 5) is 0.553. The van der Waals surface area contributed by atoms with Crippen molar-refractivity contribution in [2.24, 2.45) is 0 Å². The number of hydrogen-bond donors (Lipinski definition) is 1. The molecule has 1 saturated carbocycles. The molecule has 0 aromatic rings. The van der Waals surface area contributed by atoms with Crippen molar-refractivity contribution in [3.05, 3.63) is 0 Å². The van der Waals surface area contributed by atoms with E-state index in [1.807, 2.05) is 6.92 Å². The molecule has 1 atom stereocenters. The monoisotopic (exact) mass is 219 g/mol. The molecule has 0 amide bonds. The normalized spacial score (nSPS) is 35.2. The van der Waals surface area contributed by atoms with Crippen molar-refractivity contribution < 1.29 is 8.42 Å². The van der Waals surface area contributed by atoms with Gasteiger partial charge in [-0.3, -0.25) is 0 Å². The van der Waals surface area contributed by atoms with E-state index >= 15 is 0 Å². The predicted molar refractivity (Wildman–Crippen MR) is 55.6 cm³/mol. The van der Waals surface area contributed by atoms with Gasteiger partial charge in [0.25, 0.3) is 0 Å². The van der Waals surface area contributed by atoms with E-state index in [2.05, 4.69) is 5.32 Å². The Hall–Kier alpha value is -0.160. The van der Waals surface area contributed by atoms with Gasteiger partial charge in [-0.05, 0) is 26.2 Å². The van der Waals surface area contributed by atoms with Crippen molar-refractivity contribution in [3.8, 4) is 0 Å². The van der Waals surface area contributed by atoms with Crippen LogP contribution in [0.15, 0.2) is 0 Å². The average molecular weight is 219 g/mol. The highest BCUT2D eigenvalue weighted by atomic mass is 32.2. The summed E-state index contributed by atoms with van der Waals surface area (Å²) in [6.07, 6.45) is 2.41. The molecule has 5 heteroatoms. The molecular formula is C8H13NO2S2. The van der Waals surface area contributed by atoms with E-state index in [0.29, 0.717) is 17.8 Å². The minimum Gasteiger partial charge on any atom is -0.375 e. The van der Waals surface area contributed by atoms with Gasteiger partial charge in [0, 0.05) is 6.04 Å². The van der Waals surface area contributed by atoms with E-state index in [1.165, 1.54) is 0 Å². The number of nitrogens with one attached hydrogen (secondary N) is 1. The van der Waals surface area contributed by atoms with Gasteiger partial charge < -0.3 is 5.32 Å². The summed E-state index contributed by atoms with van der Waals surface area (Å²) in [6, 6.07) is -0.0243. The summed E-state index contributed by atoms with van der Waals surface area (Å²) in [5, 5.41) is 3.08. The van der Waals surface area contributed by atoms with Gasteiger partial charge in [0.2, 0.25) is 0 Å². The van der Waals surface area contributed by atoms with E-state index in [1.54, 1.807) is 0 Å². The van der Waals surface area contributed by atoms with Crippen LogP contribution in [0.3, 0.4) is 0 Å². The summed E-state index contributed by atoms with van der Waals surface area (Å²) >= 11 is 5.13. The Balaban J connectivity index is 2.40. The zero-order valence-electron chi connectivity index (χ0n) is 7.54. The van der Waals surface area contributed by atoms with E-state index < -0.39 is 14.6 Å². The number of sulfone groups is 1. The maximum absolute atomic E-state index is 11.9. The molecule has 1 heterocycles. The molecule has 0 radical (unpaired) electrons. The highest BCUT2D eigenvalue weighted by Gasteiger charge is 2.55. The molecule has 3 nitrogen and oxygen atoms in total. The lowest BCUT2D eigenvalue weighted by Gasteiger charge is -2.46. The van der Waals surface area contributed by atoms with Crippen LogP contribution in [0.4, 0.5) is 0 Å². The SMILES string of the molecule is CC1CS(=O)(=O)C2(CCC2)C(=S)N1. The Morgan fingerprint density at radius 2 is 2.15 bits per heavy atom. The summed E-state index contributed by atoms with van der Waals surface area (Å²) in [7, 11) is -2.99. The second kappa shape index (κ2) is 2.67. The average Bonchev–Trinajstić information content (AvgIpc) is 1.76. The molecule has 0 aromatic heterocycles. The maximum Gasteiger partial charge on any atom is 0.164 e. The third-order valence-corrected chi connectivity index (χ3v) is 6.40. The molecule has 2 fully saturated rings. The van der Waals surface area contributed by atoms with Gasteiger partial charge >= 0.3 is 0 Å². The Morgan fingerprint density at radius 3 is 2.54 bits per heavy atom. The Morgan fingerprint density at radius 1 is 1.54 bits per heavy atom. The van der Waals surface area contributed by atoms with Crippen molar-refractivity contribution in [2.75, 3.05) is 5.75 Å². The molecule has 0 aromatic carbocycles. The van der Waals surface area contributed by atoms with E-state index in [-0.39, 0.29) is 11.8 Å². The molecule has 1 N–H and O–H groups in total. The van der Waals surface area contributed by atoms with E-state index in [9.17, 15) is 8.42 Å². The molecule has 2 aliphatic rings. The zero-order chi connectivity index (χ0) is 9.69. The topological polar surface area (TPSA) is 46.2 Å². The summed E-state index contributed by atoms with van der Waals surface area (Å²) in [5.41, 5.74) is 0. The quantitative estimate of drug-likeness (QED) is 0.607. The van der Waals surface area contributed by atoms with E-state index in [4.69, 9.17) is 12.2 Å². The highest BCUT2D eigenvalue weighted by molar-refractivity contribution is 7.95. The predicted octanol–water partition coefficient (Wildman–Crippen LogP) is 0.643. The van der Waals surface area contributed by atoms with Gasteiger partial charge in [-0.15, -0.1) is 0 Å².